The van der Waals surface area contributed by atoms with Gasteiger partial charge in [-0.25, -0.2) is 0 Å². The van der Waals surface area contributed by atoms with Crippen LogP contribution in [0.15, 0.2) is 60.0 Å². The van der Waals surface area contributed by atoms with E-state index >= 15 is 0 Å². The molecule has 0 radical (unpaired) electrons. The Morgan fingerprint density at radius 2 is 1.85 bits per heavy atom. The summed E-state index contributed by atoms with van der Waals surface area (Å²) in [6.45, 7) is 2.61. The molecule has 0 saturated carbocycles. The summed E-state index contributed by atoms with van der Waals surface area (Å²) in [5.41, 5.74) is 2.96. The molecule has 1 aromatic heterocycles. The first-order valence-electron chi connectivity index (χ1n) is 11.1. The molecule has 4 nitrogen and oxygen atoms in total. The number of fused-ring (bicyclic) bond motifs is 1. The van der Waals surface area contributed by atoms with Crippen molar-refractivity contribution in [3.8, 4) is 0 Å². The van der Waals surface area contributed by atoms with Gasteiger partial charge >= 0.3 is 6.18 Å². The van der Waals surface area contributed by atoms with Crippen molar-refractivity contribution in [2.45, 2.75) is 44.9 Å². The van der Waals surface area contributed by atoms with Crippen LogP contribution in [0.25, 0.3) is 0 Å². The van der Waals surface area contributed by atoms with Gasteiger partial charge in [0.2, 0.25) is 11.8 Å². The average Bonchev–Trinajstić information content (AvgIpc) is 3.21. The predicted molar refractivity (Wildman–Crippen MR) is 125 cm³/mol. The highest BCUT2D eigenvalue weighted by molar-refractivity contribution is 7.10. The molecule has 1 unspecified atom stereocenters. The fourth-order valence-corrected chi connectivity index (χ4v) is 5.39. The number of hydrogen-bond acceptors (Lipinski definition) is 3. The first-order valence-corrected chi connectivity index (χ1v) is 12.0. The smallest absolute Gasteiger partial charge is 0.352 e. The van der Waals surface area contributed by atoms with Gasteiger partial charge in [0.25, 0.3) is 0 Å². The molecule has 1 N–H and O–H groups in total. The third kappa shape index (κ3) is 5.33. The van der Waals surface area contributed by atoms with E-state index in [2.05, 4.69) is 17.6 Å². The minimum atomic E-state index is -4.43. The number of thiophene rings is 1. The van der Waals surface area contributed by atoms with E-state index in [1.807, 2.05) is 35.2 Å². The second-order valence-electron chi connectivity index (χ2n) is 8.38. The number of carbonyl (C=O) groups excluding carboxylic acids is 2. The van der Waals surface area contributed by atoms with Crippen LogP contribution in [0.5, 0.6) is 0 Å². The third-order valence-electron chi connectivity index (χ3n) is 6.01. The van der Waals surface area contributed by atoms with Crippen LogP contribution in [-0.4, -0.2) is 23.3 Å². The molecule has 178 valence electrons. The zero-order valence-corrected chi connectivity index (χ0v) is 19.5. The van der Waals surface area contributed by atoms with Gasteiger partial charge in [-0.3, -0.25) is 9.59 Å². The van der Waals surface area contributed by atoms with E-state index < -0.39 is 11.7 Å². The molecular formula is C26H25F3N2O2S. The topological polar surface area (TPSA) is 49.4 Å². The Bertz CT molecular complexity index is 1170. The maximum atomic E-state index is 13.2. The predicted octanol–water partition coefficient (Wildman–Crippen LogP) is 5.65. The van der Waals surface area contributed by atoms with E-state index in [9.17, 15) is 22.8 Å². The average molecular weight is 487 g/mol. The standard InChI is InChI=1S/C26H25F3N2O2S/c1-17-16-34-21-12-13-31(25(24(17)21)19-7-3-2-4-8-19)23(33)11-10-22(32)30-15-18-6-5-9-20(14-18)26(27,28)29/h2-9,14,16,25H,10-13,15H2,1H3,(H,30,32). The van der Waals surface area contributed by atoms with Crippen LogP contribution < -0.4 is 5.32 Å². The summed E-state index contributed by atoms with van der Waals surface area (Å²) < 4.78 is 38.6. The number of benzene rings is 2. The normalized spacial score (nSPS) is 15.6. The maximum Gasteiger partial charge on any atom is 0.416 e. The van der Waals surface area contributed by atoms with Gasteiger partial charge in [0.15, 0.2) is 0 Å². The van der Waals surface area contributed by atoms with Crippen molar-refractivity contribution < 1.29 is 22.8 Å². The number of aryl methyl sites for hydroxylation is 1. The van der Waals surface area contributed by atoms with Gasteiger partial charge in [-0.2, -0.15) is 13.2 Å². The molecule has 3 aromatic rings. The van der Waals surface area contributed by atoms with Crippen molar-refractivity contribution in [3.63, 3.8) is 0 Å². The van der Waals surface area contributed by atoms with Crippen LogP contribution in [0.2, 0.25) is 0 Å². The van der Waals surface area contributed by atoms with Gasteiger partial charge in [-0.1, -0.05) is 42.5 Å². The van der Waals surface area contributed by atoms with Crippen molar-refractivity contribution in [2.24, 2.45) is 0 Å². The SMILES string of the molecule is Cc1csc2c1C(c1ccccc1)N(C(=O)CCC(=O)NCc1cccc(C(F)(F)F)c1)CC2. The highest BCUT2D eigenvalue weighted by Gasteiger charge is 2.34. The molecule has 1 atom stereocenters. The molecule has 1 aliphatic heterocycles. The number of nitrogens with zero attached hydrogens (tertiary/aromatic N) is 1. The summed E-state index contributed by atoms with van der Waals surface area (Å²) in [6, 6.07) is 14.5. The molecule has 34 heavy (non-hydrogen) atoms. The first kappa shape index (κ1) is 24.0. The lowest BCUT2D eigenvalue weighted by Gasteiger charge is -2.37. The van der Waals surface area contributed by atoms with Crippen LogP contribution in [0.4, 0.5) is 13.2 Å². The second kappa shape index (κ2) is 10.0. The number of amides is 2. The summed E-state index contributed by atoms with van der Waals surface area (Å²) in [7, 11) is 0. The molecule has 0 fully saturated rings. The number of halogens is 3. The monoisotopic (exact) mass is 486 g/mol. The molecule has 0 bridgehead atoms. The van der Waals surface area contributed by atoms with Gasteiger partial charge in [0.1, 0.15) is 0 Å². The molecule has 1 aliphatic rings. The van der Waals surface area contributed by atoms with Crippen LogP contribution in [0, 0.1) is 6.92 Å². The Morgan fingerprint density at radius 1 is 1.09 bits per heavy atom. The maximum absolute atomic E-state index is 13.2. The minimum absolute atomic E-state index is 0.0225. The highest BCUT2D eigenvalue weighted by atomic mass is 32.1. The fraction of sp³-hybridized carbons (Fsp3) is 0.308. The highest BCUT2D eigenvalue weighted by Crippen LogP contribution is 2.40. The van der Waals surface area contributed by atoms with Crippen molar-refractivity contribution in [3.05, 3.63) is 92.7 Å². The first-order chi connectivity index (χ1) is 16.2. The molecule has 4 rings (SSSR count). The Kier molecular flexibility index (Phi) is 7.07. The van der Waals surface area contributed by atoms with Crippen LogP contribution in [-0.2, 0) is 28.7 Å². The van der Waals surface area contributed by atoms with Gasteiger partial charge in [-0.05, 0) is 53.1 Å². The zero-order chi connectivity index (χ0) is 24.3. The van der Waals surface area contributed by atoms with Crippen molar-refractivity contribution in [1.82, 2.24) is 10.2 Å². The van der Waals surface area contributed by atoms with E-state index in [4.69, 9.17) is 0 Å². The molecule has 0 spiro atoms. The summed E-state index contributed by atoms with van der Waals surface area (Å²) in [5.74, 6) is -0.481. The van der Waals surface area contributed by atoms with Crippen molar-refractivity contribution in [1.29, 1.82) is 0 Å². The third-order valence-corrected chi connectivity index (χ3v) is 7.19. The quantitative estimate of drug-likeness (QED) is 0.490. The van der Waals surface area contributed by atoms with Crippen LogP contribution in [0.3, 0.4) is 0 Å². The lowest BCUT2D eigenvalue weighted by Crippen LogP contribution is -2.40. The molecule has 2 amide bonds. The van der Waals surface area contributed by atoms with Crippen molar-refractivity contribution in [2.75, 3.05) is 6.54 Å². The van der Waals surface area contributed by atoms with E-state index in [1.54, 1.807) is 11.3 Å². The fourth-order valence-electron chi connectivity index (χ4n) is 4.34. The Labute approximate surface area is 200 Å². The minimum Gasteiger partial charge on any atom is -0.352 e. The summed E-state index contributed by atoms with van der Waals surface area (Å²) in [4.78, 5) is 28.7. The molecular weight excluding hydrogens is 461 g/mol. The number of alkyl halides is 3. The molecule has 2 aromatic carbocycles. The number of hydrogen-bond donors (Lipinski definition) is 1. The summed E-state index contributed by atoms with van der Waals surface area (Å²) >= 11 is 1.72. The van der Waals surface area contributed by atoms with Gasteiger partial charge in [0, 0.05) is 30.8 Å². The van der Waals surface area contributed by atoms with E-state index in [1.165, 1.54) is 22.6 Å². The molecule has 0 saturated heterocycles. The molecule has 8 heteroatoms. The zero-order valence-electron chi connectivity index (χ0n) is 18.7. The Balaban J connectivity index is 1.39. The van der Waals surface area contributed by atoms with Gasteiger partial charge in [0.05, 0.1) is 11.6 Å². The van der Waals surface area contributed by atoms with E-state index in [0.717, 1.165) is 29.7 Å². The Morgan fingerprint density at radius 3 is 2.59 bits per heavy atom. The molecule has 0 aliphatic carbocycles. The number of nitrogens with one attached hydrogen (secondary N) is 1. The van der Waals surface area contributed by atoms with E-state index in [0.29, 0.717) is 12.1 Å². The van der Waals surface area contributed by atoms with Crippen molar-refractivity contribution >= 4 is 23.2 Å². The largest absolute Gasteiger partial charge is 0.416 e. The second-order valence-corrected chi connectivity index (χ2v) is 9.34. The molecule has 2 heterocycles. The number of rotatable bonds is 6. The summed E-state index contributed by atoms with van der Waals surface area (Å²) in [5, 5.41) is 4.74. The summed E-state index contributed by atoms with van der Waals surface area (Å²) in [6.07, 6.45) is -3.64. The van der Waals surface area contributed by atoms with E-state index in [-0.39, 0.29) is 37.2 Å². The Hall–Kier alpha value is -3.13. The number of carbonyl (C=O) groups is 2. The van der Waals surface area contributed by atoms with Gasteiger partial charge in [-0.15, -0.1) is 11.3 Å². The lowest BCUT2D eigenvalue weighted by molar-refractivity contribution is -0.137. The van der Waals surface area contributed by atoms with Gasteiger partial charge < -0.3 is 10.2 Å². The lowest BCUT2D eigenvalue weighted by atomic mass is 9.90. The van der Waals surface area contributed by atoms with Crippen LogP contribution >= 0.6 is 11.3 Å². The van der Waals surface area contributed by atoms with Crippen LogP contribution in [0.1, 0.15) is 51.6 Å².